The van der Waals surface area contributed by atoms with E-state index in [-0.39, 0.29) is 12.6 Å². The topological polar surface area (TPSA) is 96.2 Å². The average molecular weight is 266 g/mol. The Bertz CT molecular complexity index is 300. The lowest BCUT2D eigenvalue weighted by molar-refractivity contribution is -0.187. The fourth-order valence-corrected chi connectivity index (χ4v) is 4.47. The number of aliphatic hydroxyl groups excluding tert-OH is 3. The van der Waals surface area contributed by atoms with Crippen LogP contribution in [0.5, 0.6) is 0 Å². The molecule has 1 aliphatic carbocycles. The molecule has 0 amide bonds. The molecule has 100 valence electrons. The Hall–Kier alpha value is 0.0300. The third kappa shape index (κ3) is 2.57. The van der Waals surface area contributed by atoms with Crippen molar-refractivity contribution in [3.8, 4) is 0 Å². The number of aliphatic hydroxyl groups is 3. The zero-order valence-corrected chi connectivity index (χ0v) is 10.6. The van der Waals surface area contributed by atoms with E-state index in [4.69, 9.17) is 9.05 Å². The second kappa shape index (κ2) is 4.96. The maximum absolute atomic E-state index is 12.3. The van der Waals surface area contributed by atoms with E-state index >= 15 is 0 Å². The van der Waals surface area contributed by atoms with E-state index in [0.29, 0.717) is 6.42 Å². The lowest BCUT2D eigenvalue weighted by atomic mass is 9.87. The third-order valence-corrected chi connectivity index (χ3v) is 5.35. The van der Waals surface area contributed by atoms with Gasteiger partial charge in [0.25, 0.3) is 0 Å². The van der Waals surface area contributed by atoms with Gasteiger partial charge in [-0.2, -0.15) is 0 Å². The first kappa shape index (κ1) is 13.5. The summed E-state index contributed by atoms with van der Waals surface area (Å²) in [6.07, 6.45) is -3.05. The van der Waals surface area contributed by atoms with Crippen LogP contribution in [0.2, 0.25) is 0 Å². The maximum atomic E-state index is 12.3. The lowest BCUT2D eigenvalue weighted by Crippen LogP contribution is -2.58. The summed E-state index contributed by atoms with van der Waals surface area (Å²) in [5, 5.41) is 29.0. The number of hydrogen-bond donors (Lipinski definition) is 3. The van der Waals surface area contributed by atoms with Crippen molar-refractivity contribution in [1.29, 1.82) is 0 Å². The zero-order valence-electron chi connectivity index (χ0n) is 9.73. The first-order valence-corrected chi connectivity index (χ1v) is 7.69. The monoisotopic (exact) mass is 266 g/mol. The van der Waals surface area contributed by atoms with E-state index in [9.17, 15) is 19.9 Å². The summed E-state index contributed by atoms with van der Waals surface area (Å²) in [5.74, 6) is 0. The molecule has 6 nitrogen and oxygen atoms in total. The van der Waals surface area contributed by atoms with Crippen LogP contribution in [0.1, 0.15) is 26.2 Å². The second-order valence-electron chi connectivity index (χ2n) is 4.68. The second-order valence-corrected chi connectivity index (χ2v) is 6.77. The zero-order chi connectivity index (χ0) is 12.6. The summed E-state index contributed by atoms with van der Waals surface area (Å²) in [6, 6.07) is 0. The van der Waals surface area contributed by atoms with E-state index < -0.39 is 38.1 Å². The maximum Gasteiger partial charge on any atom is 0.331 e. The Morgan fingerprint density at radius 1 is 1.12 bits per heavy atom. The van der Waals surface area contributed by atoms with Crippen LogP contribution in [-0.2, 0) is 13.6 Å². The van der Waals surface area contributed by atoms with Crippen LogP contribution in [0.15, 0.2) is 0 Å². The van der Waals surface area contributed by atoms with Crippen molar-refractivity contribution in [3.63, 3.8) is 0 Å². The van der Waals surface area contributed by atoms with Crippen LogP contribution in [-0.4, -0.2) is 52.0 Å². The summed E-state index contributed by atoms with van der Waals surface area (Å²) in [4.78, 5) is 0. The fraction of sp³-hybridized carbons (Fsp3) is 1.00. The molecular formula is C10H19O6P. The van der Waals surface area contributed by atoms with Gasteiger partial charge in [-0.15, -0.1) is 0 Å². The molecule has 0 radical (unpaired) electrons. The Labute approximate surface area is 100 Å². The Morgan fingerprint density at radius 2 is 1.65 bits per heavy atom. The molecule has 1 aliphatic heterocycles. The molecule has 2 fully saturated rings. The van der Waals surface area contributed by atoms with Crippen molar-refractivity contribution in [3.05, 3.63) is 0 Å². The van der Waals surface area contributed by atoms with Gasteiger partial charge >= 0.3 is 7.60 Å². The summed E-state index contributed by atoms with van der Waals surface area (Å²) in [6.45, 7) is 1.96. The normalized spacial score (nSPS) is 50.2. The molecule has 2 aliphatic rings. The highest BCUT2D eigenvalue weighted by Gasteiger charge is 2.52. The number of fused-ring (bicyclic) bond motifs is 2. The highest BCUT2D eigenvalue weighted by Crippen LogP contribution is 2.57. The van der Waals surface area contributed by atoms with Crippen LogP contribution < -0.4 is 0 Å². The van der Waals surface area contributed by atoms with E-state index in [1.54, 1.807) is 0 Å². The van der Waals surface area contributed by atoms with Gasteiger partial charge < -0.3 is 24.4 Å². The minimum atomic E-state index is -3.24. The third-order valence-electron chi connectivity index (χ3n) is 3.30. The highest BCUT2D eigenvalue weighted by atomic mass is 31.2. The van der Waals surface area contributed by atoms with Gasteiger partial charge in [-0.05, 0) is 6.42 Å². The van der Waals surface area contributed by atoms with Crippen molar-refractivity contribution in [2.24, 2.45) is 0 Å². The average Bonchev–Trinajstić information content (AvgIpc) is 2.31. The Morgan fingerprint density at radius 3 is 2.12 bits per heavy atom. The quantitative estimate of drug-likeness (QED) is 0.634. The molecule has 2 rings (SSSR count). The Kier molecular flexibility index (Phi) is 3.92. The molecule has 6 atom stereocenters. The minimum absolute atomic E-state index is 0.259. The molecule has 1 heterocycles. The van der Waals surface area contributed by atoms with Gasteiger partial charge in [0.05, 0.1) is 18.4 Å². The molecule has 0 aromatic rings. The number of rotatable bonds is 3. The van der Waals surface area contributed by atoms with Crippen LogP contribution in [0.25, 0.3) is 0 Å². The van der Waals surface area contributed by atoms with Crippen molar-refractivity contribution >= 4 is 7.60 Å². The van der Waals surface area contributed by atoms with Crippen LogP contribution in [0.4, 0.5) is 0 Å². The molecule has 17 heavy (non-hydrogen) atoms. The fourth-order valence-electron chi connectivity index (χ4n) is 2.26. The Balaban J connectivity index is 2.11. The van der Waals surface area contributed by atoms with Crippen molar-refractivity contribution in [1.82, 2.24) is 0 Å². The van der Waals surface area contributed by atoms with Gasteiger partial charge in [0.1, 0.15) is 18.3 Å². The van der Waals surface area contributed by atoms with Gasteiger partial charge in [-0.1, -0.05) is 13.3 Å². The molecule has 3 N–H and O–H groups in total. The molecule has 0 aromatic carbocycles. The van der Waals surface area contributed by atoms with Gasteiger partial charge in [0, 0.05) is 6.42 Å². The highest BCUT2D eigenvalue weighted by molar-refractivity contribution is 7.53. The van der Waals surface area contributed by atoms with Crippen molar-refractivity contribution in [2.75, 3.05) is 6.16 Å². The number of unbranched alkanes of at least 4 members (excludes halogenated alkanes) is 1. The lowest BCUT2D eigenvalue weighted by Gasteiger charge is -2.45. The van der Waals surface area contributed by atoms with E-state index in [0.717, 1.165) is 6.42 Å². The van der Waals surface area contributed by atoms with E-state index in [1.165, 1.54) is 0 Å². The predicted octanol–water partition coefficient (Wildman–Crippen LogP) is 0.250. The summed E-state index contributed by atoms with van der Waals surface area (Å²) >= 11 is 0. The summed E-state index contributed by atoms with van der Waals surface area (Å²) < 4.78 is 22.8. The van der Waals surface area contributed by atoms with E-state index in [2.05, 4.69) is 0 Å². The van der Waals surface area contributed by atoms with E-state index in [1.807, 2.05) is 6.92 Å². The van der Waals surface area contributed by atoms with Crippen LogP contribution >= 0.6 is 7.60 Å². The number of hydrogen-bond acceptors (Lipinski definition) is 6. The van der Waals surface area contributed by atoms with Gasteiger partial charge in [0.15, 0.2) is 0 Å². The van der Waals surface area contributed by atoms with Crippen LogP contribution in [0.3, 0.4) is 0 Å². The van der Waals surface area contributed by atoms with Gasteiger partial charge in [-0.3, -0.25) is 4.57 Å². The van der Waals surface area contributed by atoms with Crippen molar-refractivity contribution < 1.29 is 28.9 Å². The molecule has 0 aromatic heterocycles. The first-order chi connectivity index (χ1) is 7.97. The smallest absolute Gasteiger partial charge is 0.331 e. The standard InChI is InChI=1S/C10H19O6P/c1-2-3-4-17(14)15-6-5-7(16-17)9(12)10(13)8(6)11/h6-13H,2-5H2,1H3/t6-,7+,8-,9-,10?,17?/m0/s1. The largest absolute Gasteiger partial charge is 0.388 e. The molecule has 1 saturated heterocycles. The predicted molar refractivity (Wildman–Crippen MR) is 59.8 cm³/mol. The SMILES string of the molecule is CCCCP1(=O)O[C@H]2C[C@@H](O1)[C@H](O)C(O)[C@H]2O. The molecule has 2 unspecified atom stereocenters. The summed E-state index contributed by atoms with van der Waals surface area (Å²) in [5.41, 5.74) is 0. The minimum Gasteiger partial charge on any atom is -0.388 e. The van der Waals surface area contributed by atoms with Gasteiger partial charge in [0.2, 0.25) is 0 Å². The molecule has 1 saturated carbocycles. The van der Waals surface area contributed by atoms with Crippen molar-refractivity contribution in [2.45, 2.75) is 56.7 Å². The molecule has 7 heteroatoms. The molecule has 0 spiro atoms. The summed E-state index contributed by atoms with van der Waals surface area (Å²) in [7, 11) is -3.24. The molecular weight excluding hydrogens is 247 g/mol. The van der Waals surface area contributed by atoms with Crippen LogP contribution in [0, 0.1) is 0 Å². The first-order valence-electron chi connectivity index (χ1n) is 5.97. The molecule has 2 bridgehead atoms. The van der Waals surface area contributed by atoms with Gasteiger partial charge in [-0.25, -0.2) is 0 Å².